The topological polar surface area (TPSA) is 66.9 Å². The highest BCUT2D eigenvalue weighted by molar-refractivity contribution is 9.10. The lowest BCUT2D eigenvalue weighted by atomic mass is 10.0. The maximum absolute atomic E-state index is 13.0. The molecule has 8 heteroatoms. The summed E-state index contributed by atoms with van der Waals surface area (Å²) >= 11 is 3.41. The summed E-state index contributed by atoms with van der Waals surface area (Å²) in [6.07, 6.45) is 0.693. The summed E-state index contributed by atoms with van der Waals surface area (Å²) in [5.74, 6) is 0.836. The Hall–Kier alpha value is -1.90. The van der Waals surface area contributed by atoms with Crippen molar-refractivity contribution < 1.29 is 17.9 Å². The number of para-hydroxylation sites is 1. The Kier molecular flexibility index (Phi) is 5.68. The number of methoxy groups -OCH3 is 1. The maximum atomic E-state index is 13.0. The molecule has 154 valence electrons. The highest BCUT2D eigenvalue weighted by Crippen LogP contribution is 2.32. The summed E-state index contributed by atoms with van der Waals surface area (Å²) in [5.41, 5.74) is 1.80. The summed E-state index contributed by atoms with van der Waals surface area (Å²) in [6.45, 7) is 0.818. The number of sulfone groups is 1. The third kappa shape index (κ3) is 4.20. The smallest absolute Gasteiger partial charge is 0.241 e. The number of carbonyl (C=O) groups excluding carboxylic acids is 1. The molecule has 0 N–H and O–H groups in total. The van der Waals surface area contributed by atoms with Crippen molar-refractivity contribution in [1.29, 1.82) is 0 Å². The van der Waals surface area contributed by atoms with Crippen LogP contribution in [-0.4, -0.2) is 63.0 Å². The van der Waals surface area contributed by atoms with Gasteiger partial charge in [0.05, 0.1) is 31.2 Å². The lowest BCUT2D eigenvalue weighted by molar-refractivity contribution is -0.123. The van der Waals surface area contributed by atoms with Gasteiger partial charge in [-0.2, -0.15) is 0 Å². The summed E-state index contributed by atoms with van der Waals surface area (Å²) in [7, 11) is -1.56. The Balaban J connectivity index is 1.58. The zero-order chi connectivity index (χ0) is 20.6. The third-order valence-corrected chi connectivity index (χ3v) is 7.89. The quantitative estimate of drug-likeness (QED) is 0.660. The Bertz CT molecular complexity index is 1010. The van der Waals surface area contributed by atoms with Gasteiger partial charge in [0, 0.05) is 22.7 Å². The van der Waals surface area contributed by atoms with E-state index in [1.165, 1.54) is 0 Å². The Morgan fingerprint density at radius 3 is 2.48 bits per heavy atom. The van der Waals surface area contributed by atoms with Crippen molar-refractivity contribution in [1.82, 2.24) is 4.90 Å². The van der Waals surface area contributed by atoms with Crippen molar-refractivity contribution in [3.63, 3.8) is 0 Å². The molecule has 1 amide bonds. The van der Waals surface area contributed by atoms with Crippen LogP contribution in [0.2, 0.25) is 0 Å². The first kappa shape index (κ1) is 20.4. The predicted octanol–water partition coefficient (Wildman–Crippen LogP) is 2.51. The number of benzene rings is 2. The molecule has 29 heavy (non-hydrogen) atoms. The first-order valence-corrected chi connectivity index (χ1v) is 12.1. The van der Waals surface area contributed by atoms with Gasteiger partial charge in [0.2, 0.25) is 5.91 Å². The van der Waals surface area contributed by atoms with Crippen LogP contribution < -0.4 is 9.64 Å². The van der Waals surface area contributed by atoms with Gasteiger partial charge in [-0.15, -0.1) is 0 Å². The van der Waals surface area contributed by atoms with Gasteiger partial charge < -0.3 is 9.64 Å². The standard InChI is InChI=1S/C21H23BrN2O4S/c1-28-20-5-3-2-4-15(20)10-11-23-12-21(25)24(17-8-6-16(22)7-9-17)19-14-29(26,27)13-18(19)23/h2-9,18-19H,10-14H2,1H3/t18-,19+/m1/s1. The second-order valence-electron chi connectivity index (χ2n) is 7.48. The van der Waals surface area contributed by atoms with Crippen molar-refractivity contribution >= 4 is 37.4 Å². The van der Waals surface area contributed by atoms with Crippen molar-refractivity contribution in [2.24, 2.45) is 0 Å². The number of carbonyl (C=O) groups is 1. The summed E-state index contributed by atoms with van der Waals surface area (Å²) in [6, 6.07) is 14.7. The maximum Gasteiger partial charge on any atom is 0.241 e. The van der Waals surface area contributed by atoms with Crippen molar-refractivity contribution in [2.45, 2.75) is 18.5 Å². The molecule has 2 fully saturated rings. The van der Waals surface area contributed by atoms with E-state index >= 15 is 0 Å². The lowest BCUT2D eigenvalue weighted by Gasteiger charge is -2.43. The van der Waals surface area contributed by atoms with Gasteiger partial charge in [0.25, 0.3) is 0 Å². The number of piperazine rings is 1. The molecule has 2 saturated heterocycles. The van der Waals surface area contributed by atoms with Crippen LogP contribution in [0.25, 0.3) is 0 Å². The molecule has 0 spiro atoms. The lowest BCUT2D eigenvalue weighted by Crippen LogP contribution is -2.62. The van der Waals surface area contributed by atoms with E-state index < -0.39 is 9.84 Å². The summed E-state index contributed by atoms with van der Waals surface area (Å²) in [5, 5.41) is 0. The van der Waals surface area contributed by atoms with Crippen molar-refractivity contribution in [3.8, 4) is 5.75 Å². The number of ether oxygens (including phenoxy) is 1. The van der Waals surface area contributed by atoms with Gasteiger partial charge in [0.15, 0.2) is 9.84 Å². The first-order chi connectivity index (χ1) is 13.9. The van der Waals surface area contributed by atoms with Crippen LogP contribution in [0.15, 0.2) is 53.0 Å². The van der Waals surface area contributed by atoms with Crippen LogP contribution in [-0.2, 0) is 21.1 Å². The SMILES string of the molecule is COc1ccccc1CCN1CC(=O)N(c2ccc(Br)cc2)[C@H]2CS(=O)(=O)C[C@H]21. The van der Waals surface area contributed by atoms with Crippen LogP contribution in [0.1, 0.15) is 5.56 Å². The Morgan fingerprint density at radius 1 is 1.07 bits per heavy atom. The van der Waals surface area contributed by atoms with Gasteiger partial charge in [-0.3, -0.25) is 9.69 Å². The fourth-order valence-corrected chi connectivity index (χ4v) is 6.56. The molecular formula is C21H23BrN2O4S. The Morgan fingerprint density at radius 2 is 1.76 bits per heavy atom. The van der Waals surface area contributed by atoms with Gasteiger partial charge in [-0.05, 0) is 42.3 Å². The predicted molar refractivity (Wildman–Crippen MR) is 116 cm³/mol. The molecule has 2 aliphatic heterocycles. The number of rotatable bonds is 5. The second-order valence-corrected chi connectivity index (χ2v) is 10.6. The normalized spacial score (nSPS) is 23.8. The minimum absolute atomic E-state index is 0.00459. The number of amides is 1. The van der Waals surface area contributed by atoms with Crippen molar-refractivity contribution in [2.75, 3.05) is 36.6 Å². The fraction of sp³-hybridized carbons (Fsp3) is 0.381. The summed E-state index contributed by atoms with van der Waals surface area (Å²) in [4.78, 5) is 16.7. The average Bonchev–Trinajstić information content (AvgIpc) is 3.02. The highest BCUT2D eigenvalue weighted by Gasteiger charge is 2.49. The molecule has 2 aliphatic rings. The summed E-state index contributed by atoms with van der Waals surface area (Å²) < 4.78 is 31.3. The van der Waals surface area contributed by atoms with E-state index in [1.807, 2.05) is 53.4 Å². The first-order valence-electron chi connectivity index (χ1n) is 9.52. The molecule has 0 aromatic heterocycles. The minimum Gasteiger partial charge on any atom is -0.496 e. The fourth-order valence-electron chi connectivity index (χ4n) is 4.31. The second kappa shape index (κ2) is 8.08. The van der Waals surface area contributed by atoms with Crippen LogP contribution in [0.5, 0.6) is 5.75 Å². The van der Waals surface area contributed by atoms with E-state index in [9.17, 15) is 13.2 Å². The van der Waals surface area contributed by atoms with Gasteiger partial charge in [-0.25, -0.2) is 8.42 Å². The van der Waals surface area contributed by atoms with Crippen LogP contribution >= 0.6 is 15.9 Å². The largest absolute Gasteiger partial charge is 0.496 e. The number of anilines is 1. The van der Waals surface area contributed by atoms with Crippen LogP contribution in [0.3, 0.4) is 0 Å². The average molecular weight is 479 g/mol. The molecule has 2 heterocycles. The van der Waals surface area contributed by atoms with E-state index in [0.29, 0.717) is 13.0 Å². The van der Waals surface area contributed by atoms with E-state index in [1.54, 1.807) is 12.0 Å². The molecule has 0 unspecified atom stereocenters. The highest BCUT2D eigenvalue weighted by atomic mass is 79.9. The van der Waals surface area contributed by atoms with E-state index in [2.05, 4.69) is 15.9 Å². The van der Waals surface area contributed by atoms with Gasteiger partial charge >= 0.3 is 0 Å². The van der Waals surface area contributed by atoms with Gasteiger partial charge in [-0.1, -0.05) is 34.1 Å². The molecular weight excluding hydrogens is 456 g/mol. The van der Waals surface area contributed by atoms with Gasteiger partial charge in [0.1, 0.15) is 5.75 Å². The molecule has 0 saturated carbocycles. The van der Waals surface area contributed by atoms with E-state index in [-0.39, 0.29) is 36.0 Å². The minimum atomic E-state index is -3.20. The number of nitrogens with zero attached hydrogens (tertiary/aromatic N) is 2. The van der Waals surface area contributed by atoms with Crippen LogP contribution in [0, 0.1) is 0 Å². The van der Waals surface area contributed by atoms with E-state index in [4.69, 9.17) is 4.74 Å². The molecule has 4 rings (SSSR count). The number of hydrogen-bond donors (Lipinski definition) is 0. The molecule has 6 nitrogen and oxygen atoms in total. The number of hydrogen-bond acceptors (Lipinski definition) is 5. The molecule has 2 atom stereocenters. The zero-order valence-corrected chi connectivity index (χ0v) is 18.5. The molecule has 2 aromatic carbocycles. The van der Waals surface area contributed by atoms with E-state index in [0.717, 1.165) is 21.5 Å². The molecule has 0 radical (unpaired) electrons. The number of fused-ring (bicyclic) bond motifs is 1. The van der Waals surface area contributed by atoms with Crippen LogP contribution in [0.4, 0.5) is 5.69 Å². The van der Waals surface area contributed by atoms with Crippen molar-refractivity contribution in [3.05, 3.63) is 58.6 Å². The molecule has 0 bridgehead atoms. The third-order valence-electron chi connectivity index (χ3n) is 5.67. The molecule has 0 aliphatic carbocycles. The number of halogens is 1. The molecule has 2 aromatic rings. The Labute approximate surface area is 179 Å². The zero-order valence-electron chi connectivity index (χ0n) is 16.1. The monoisotopic (exact) mass is 478 g/mol.